The van der Waals surface area contributed by atoms with Crippen molar-refractivity contribution in [1.29, 1.82) is 0 Å². The molecule has 1 aliphatic heterocycles. The maximum absolute atomic E-state index is 9.67. The van der Waals surface area contributed by atoms with Crippen molar-refractivity contribution in [2.75, 3.05) is 13.2 Å². The SMILES string of the molecule is CC1(NCc2ccc(O)cc2O)CCCOC1. The molecule has 0 aromatic heterocycles. The van der Waals surface area contributed by atoms with Gasteiger partial charge in [0.05, 0.1) is 6.61 Å². The highest BCUT2D eigenvalue weighted by Crippen LogP contribution is 2.24. The van der Waals surface area contributed by atoms with Crippen LogP contribution < -0.4 is 5.32 Å². The standard InChI is InChI=1S/C13H19NO3/c1-13(5-2-6-17-9-13)14-8-10-3-4-11(15)7-12(10)16/h3-4,7,14-16H,2,5-6,8-9H2,1H3. The predicted molar refractivity (Wildman–Crippen MR) is 65.1 cm³/mol. The van der Waals surface area contributed by atoms with Crippen LogP contribution in [0.15, 0.2) is 18.2 Å². The Morgan fingerprint density at radius 3 is 2.88 bits per heavy atom. The molecule has 1 aliphatic rings. The number of benzene rings is 1. The van der Waals surface area contributed by atoms with E-state index in [0.29, 0.717) is 13.2 Å². The van der Waals surface area contributed by atoms with Crippen molar-refractivity contribution in [2.45, 2.75) is 31.8 Å². The molecule has 1 atom stereocenters. The number of hydrogen-bond donors (Lipinski definition) is 3. The van der Waals surface area contributed by atoms with E-state index in [4.69, 9.17) is 4.74 Å². The van der Waals surface area contributed by atoms with E-state index in [1.165, 1.54) is 6.07 Å². The maximum Gasteiger partial charge on any atom is 0.123 e. The van der Waals surface area contributed by atoms with Crippen molar-refractivity contribution in [1.82, 2.24) is 5.32 Å². The van der Waals surface area contributed by atoms with Gasteiger partial charge in [0.2, 0.25) is 0 Å². The van der Waals surface area contributed by atoms with E-state index in [1.54, 1.807) is 12.1 Å². The molecule has 0 radical (unpaired) electrons. The van der Waals surface area contributed by atoms with Crippen molar-refractivity contribution in [3.05, 3.63) is 23.8 Å². The van der Waals surface area contributed by atoms with Gasteiger partial charge in [-0.15, -0.1) is 0 Å². The second-order valence-electron chi connectivity index (χ2n) is 4.88. The molecule has 1 heterocycles. The number of aromatic hydroxyl groups is 2. The minimum atomic E-state index is -0.0252. The van der Waals surface area contributed by atoms with Crippen LogP contribution in [0.2, 0.25) is 0 Å². The van der Waals surface area contributed by atoms with E-state index in [-0.39, 0.29) is 17.0 Å². The normalized spacial score (nSPS) is 24.8. The predicted octanol–water partition coefficient (Wildman–Crippen LogP) is 1.76. The zero-order valence-corrected chi connectivity index (χ0v) is 10.1. The zero-order valence-electron chi connectivity index (χ0n) is 10.1. The van der Waals surface area contributed by atoms with Gasteiger partial charge in [0.25, 0.3) is 0 Å². The van der Waals surface area contributed by atoms with Gasteiger partial charge in [-0.3, -0.25) is 0 Å². The van der Waals surface area contributed by atoms with Crippen molar-refractivity contribution in [3.8, 4) is 11.5 Å². The van der Waals surface area contributed by atoms with E-state index >= 15 is 0 Å². The van der Waals surface area contributed by atoms with Gasteiger partial charge in [-0.05, 0) is 25.8 Å². The van der Waals surface area contributed by atoms with Crippen molar-refractivity contribution >= 4 is 0 Å². The summed E-state index contributed by atoms with van der Waals surface area (Å²) in [7, 11) is 0. The fraction of sp³-hybridized carbons (Fsp3) is 0.538. The van der Waals surface area contributed by atoms with Crippen LogP contribution in [-0.2, 0) is 11.3 Å². The minimum Gasteiger partial charge on any atom is -0.508 e. The molecule has 17 heavy (non-hydrogen) atoms. The second kappa shape index (κ2) is 4.94. The Morgan fingerprint density at radius 2 is 2.24 bits per heavy atom. The molecule has 94 valence electrons. The molecule has 0 aliphatic carbocycles. The molecule has 0 amide bonds. The Labute approximate surface area is 101 Å². The average molecular weight is 237 g/mol. The highest BCUT2D eigenvalue weighted by Gasteiger charge is 2.26. The molecule has 1 saturated heterocycles. The first-order chi connectivity index (χ1) is 8.09. The van der Waals surface area contributed by atoms with Crippen LogP contribution >= 0.6 is 0 Å². The first-order valence-electron chi connectivity index (χ1n) is 5.93. The van der Waals surface area contributed by atoms with E-state index in [0.717, 1.165) is 25.0 Å². The van der Waals surface area contributed by atoms with Gasteiger partial charge < -0.3 is 20.3 Å². The Bertz CT molecular complexity index is 386. The zero-order chi connectivity index (χ0) is 12.3. The highest BCUT2D eigenvalue weighted by molar-refractivity contribution is 5.38. The van der Waals surface area contributed by atoms with Crippen LogP contribution in [0.25, 0.3) is 0 Å². The molecule has 1 fully saturated rings. The van der Waals surface area contributed by atoms with Crippen LogP contribution in [0.1, 0.15) is 25.3 Å². The largest absolute Gasteiger partial charge is 0.508 e. The van der Waals surface area contributed by atoms with Gasteiger partial charge in [-0.2, -0.15) is 0 Å². The molecule has 1 unspecified atom stereocenters. The smallest absolute Gasteiger partial charge is 0.123 e. The Balaban J connectivity index is 1.97. The molecular weight excluding hydrogens is 218 g/mol. The van der Waals surface area contributed by atoms with Gasteiger partial charge in [0.1, 0.15) is 11.5 Å². The average Bonchev–Trinajstić information content (AvgIpc) is 2.29. The summed E-state index contributed by atoms with van der Waals surface area (Å²) in [5.41, 5.74) is 0.761. The van der Waals surface area contributed by atoms with Crippen molar-refractivity contribution in [2.24, 2.45) is 0 Å². The summed E-state index contributed by atoms with van der Waals surface area (Å²) in [6, 6.07) is 4.66. The van der Waals surface area contributed by atoms with E-state index in [9.17, 15) is 10.2 Å². The lowest BCUT2D eigenvalue weighted by molar-refractivity contribution is 0.0277. The maximum atomic E-state index is 9.67. The third-order valence-electron chi connectivity index (χ3n) is 3.21. The van der Waals surface area contributed by atoms with Crippen LogP contribution in [0, 0.1) is 0 Å². The molecule has 0 saturated carbocycles. The summed E-state index contributed by atoms with van der Waals surface area (Å²) < 4.78 is 5.46. The fourth-order valence-electron chi connectivity index (χ4n) is 2.08. The van der Waals surface area contributed by atoms with Crippen molar-refractivity contribution < 1.29 is 14.9 Å². The highest BCUT2D eigenvalue weighted by atomic mass is 16.5. The molecular formula is C13H19NO3. The summed E-state index contributed by atoms with van der Waals surface area (Å²) in [6.07, 6.45) is 2.14. The van der Waals surface area contributed by atoms with Crippen LogP contribution in [-0.4, -0.2) is 29.0 Å². The molecule has 3 N–H and O–H groups in total. The number of phenols is 2. The van der Waals surface area contributed by atoms with Crippen LogP contribution in [0.3, 0.4) is 0 Å². The molecule has 1 aromatic carbocycles. The summed E-state index contributed by atoms with van der Waals surface area (Å²) in [5.74, 6) is 0.205. The summed E-state index contributed by atoms with van der Waals surface area (Å²) >= 11 is 0. The van der Waals surface area contributed by atoms with Gasteiger partial charge in [0.15, 0.2) is 0 Å². The topological polar surface area (TPSA) is 61.7 Å². The Hall–Kier alpha value is -1.26. The Morgan fingerprint density at radius 1 is 1.41 bits per heavy atom. The van der Waals surface area contributed by atoms with E-state index in [2.05, 4.69) is 12.2 Å². The molecule has 0 bridgehead atoms. The number of hydrogen-bond acceptors (Lipinski definition) is 4. The van der Waals surface area contributed by atoms with Gasteiger partial charge in [0, 0.05) is 30.3 Å². The molecule has 0 spiro atoms. The molecule has 4 heteroatoms. The number of ether oxygens (including phenoxy) is 1. The monoisotopic (exact) mass is 237 g/mol. The number of phenolic OH excluding ortho intramolecular Hbond substituents is 2. The lowest BCUT2D eigenvalue weighted by atomic mass is 9.94. The van der Waals surface area contributed by atoms with Gasteiger partial charge in [-0.25, -0.2) is 0 Å². The number of nitrogens with one attached hydrogen (secondary N) is 1. The molecule has 1 aromatic rings. The quantitative estimate of drug-likeness (QED) is 0.749. The summed E-state index contributed by atoms with van der Waals surface area (Å²) in [6.45, 7) is 4.24. The lowest BCUT2D eigenvalue weighted by Crippen LogP contribution is -2.48. The summed E-state index contributed by atoms with van der Waals surface area (Å²) in [4.78, 5) is 0. The third kappa shape index (κ3) is 3.11. The summed E-state index contributed by atoms with van der Waals surface area (Å²) in [5, 5.41) is 22.3. The first kappa shape index (κ1) is 12.2. The Kier molecular flexibility index (Phi) is 3.54. The van der Waals surface area contributed by atoms with E-state index < -0.39 is 0 Å². The van der Waals surface area contributed by atoms with Crippen LogP contribution in [0.4, 0.5) is 0 Å². The van der Waals surface area contributed by atoms with Crippen LogP contribution in [0.5, 0.6) is 11.5 Å². The minimum absolute atomic E-state index is 0.0252. The second-order valence-corrected chi connectivity index (χ2v) is 4.88. The van der Waals surface area contributed by atoms with E-state index in [1.807, 2.05) is 0 Å². The first-order valence-corrected chi connectivity index (χ1v) is 5.93. The third-order valence-corrected chi connectivity index (χ3v) is 3.21. The number of rotatable bonds is 3. The van der Waals surface area contributed by atoms with Gasteiger partial charge >= 0.3 is 0 Å². The molecule has 2 rings (SSSR count). The molecule has 4 nitrogen and oxygen atoms in total. The van der Waals surface area contributed by atoms with Gasteiger partial charge in [-0.1, -0.05) is 6.07 Å². The van der Waals surface area contributed by atoms with Crippen molar-refractivity contribution in [3.63, 3.8) is 0 Å². The lowest BCUT2D eigenvalue weighted by Gasteiger charge is -2.34. The fourth-order valence-corrected chi connectivity index (χ4v) is 2.08.